The largest absolute Gasteiger partial charge is 0.0617 e. The summed E-state index contributed by atoms with van der Waals surface area (Å²) >= 11 is 0. The minimum atomic E-state index is 1.34. The summed E-state index contributed by atoms with van der Waals surface area (Å²) < 4.78 is 0. The first kappa shape index (κ1) is 13.6. The van der Waals surface area contributed by atoms with Crippen molar-refractivity contribution in [1.82, 2.24) is 0 Å². The van der Waals surface area contributed by atoms with Gasteiger partial charge in [0, 0.05) is 0 Å². The van der Waals surface area contributed by atoms with E-state index in [9.17, 15) is 0 Å². The summed E-state index contributed by atoms with van der Waals surface area (Å²) in [5.41, 5.74) is 10.8. The molecule has 0 bridgehead atoms. The molecule has 0 nitrogen and oxygen atoms in total. The molecule has 4 aromatic rings. The fourth-order valence-electron chi connectivity index (χ4n) is 4.27. The van der Waals surface area contributed by atoms with Gasteiger partial charge >= 0.3 is 0 Å². The molecule has 4 aromatic carbocycles. The zero-order chi connectivity index (χ0) is 16.3. The predicted molar refractivity (Wildman–Crippen MR) is 103 cm³/mol. The van der Waals surface area contributed by atoms with Crippen LogP contribution in [0.1, 0.15) is 11.1 Å². The van der Waals surface area contributed by atoms with E-state index in [-0.39, 0.29) is 0 Å². The monoisotopic (exact) mass is 306 g/mol. The molecule has 0 atom stereocenters. The highest BCUT2D eigenvalue weighted by molar-refractivity contribution is 6.18. The Labute approximate surface area is 142 Å². The summed E-state index contributed by atoms with van der Waals surface area (Å²) in [6, 6.07) is 26.6. The highest BCUT2D eigenvalue weighted by Crippen LogP contribution is 2.49. The van der Waals surface area contributed by atoms with Gasteiger partial charge in [-0.2, -0.15) is 0 Å². The standard InChI is InChI=1S/C24H18/c1-15-7-5-8-16(2)23(15)22-14-13-21-18-10-4-3-9-17(18)19-11-6-12-20(22)24(19)21/h3-14H,1-2H3. The minimum Gasteiger partial charge on any atom is -0.0617 e. The average Bonchev–Trinajstić information content (AvgIpc) is 2.93. The molecule has 1 aliphatic carbocycles. The Bertz CT molecular complexity index is 1070. The number of hydrogen-bond acceptors (Lipinski definition) is 0. The normalized spacial score (nSPS) is 11.8. The Hall–Kier alpha value is -2.86. The summed E-state index contributed by atoms with van der Waals surface area (Å²) in [6.07, 6.45) is 0. The van der Waals surface area contributed by atoms with Gasteiger partial charge in [0.1, 0.15) is 0 Å². The molecule has 0 radical (unpaired) electrons. The maximum atomic E-state index is 2.30. The molecule has 0 saturated carbocycles. The second kappa shape index (κ2) is 4.82. The second-order valence-electron chi connectivity index (χ2n) is 6.70. The Balaban J connectivity index is 1.92. The zero-order valence-corrected chi connectivity index (χ0v) is 13.9. The van der Waals surface area contributed by atoms with Gasteiger partial charge in [-0.3, -0.25) is 0 Å². The van der Waals surface area contributed by atoms with Crippen LogP contribution in [-0.4, -0.2) is 0 Å². The van der Waals surface area contributed by atoms with Gasteiger partial charge in [0.15, 0.2) is 0 Å². The molecule has 0 aliphatic heterocycles. The van der Waals surface area contributed by atoms with Crippen molar-refractivity contribution in [1.29, 1.82) is 0 Å². The molecule has 24 heavy (non-hydrogen) atoms. The number of fused-ring (bicyclic) bond motifs is 3. The van der Waals surface area contributed by atoms with Gasteiger partial charge in [0.25, 0.3) is 0 Å². The SMILES string of the molecule is Cc1cccc(C)c1-c1ccc2c3c(cccc13)-c1ccccc1-2. The molecule has 0 heterocycles. The lowest BCUT2D eigenvalue weighted by atomic mass is 9.90. The van der Waals surface area contributed by atoms with Crippen LogP contribution in [0.2, 0.25) is 0 Å². The van der Waals surface area contributed by atoms with E-state index >= 15 is 0 Å². The first-order chi connectivity index (χ1) is 11.8. The topological polar surface area (TPSA) is 0 Å². The fourth-order valence-corrected chi connectivity index (χ4v) is 4.27. The third kappa shape index (κ3) is 1.68. The van der Waals surface area contributed by atoms with Gasteiger partial charge in [-0.1, -0.05) is 72.8 Å². The van der Waals surface area contributed by atoms with E-state index in [1.807, 2.05) is 0 Å². The predicted octanol–water partition coefficient (Wildman–Crippen LogP) is 6.77. The average molecular weight is 306 g/mol. The first-order valence-corrected chi connectivity index (χ1v) is 8.48. The number of rotatable bonds is 1. The van der Waals surface area contributed by atoms with E-state index in [0.29, 0.717) is 0 Å². The number of benzene rings is 4. The van der Waals surface area contributed by atoms with Crippen molar-refractivity contribution in [2.75, 3.05) is 0 Å². The van der Waals surface area contributed by atoms with Gasteiger partial charge in [0.05, 0.1) is 0 Å². The first-order valence-electron chi connectivity index (χ1n) is 8.48. The lowest BCUT2D eigenvalue weighted by Gasteiger charge is -2.14. The Kier molecular flexibility index (Phi) is 2.72. The van der Waals surface area contributed by atoms with E-state index in [1.165, 1.54) is 55.3 Å². The third-order valence-electron chi connectivity index (χ3n) is 5.30. The molecule has 0 spiro atoms. The highest BCUT2D eigenvalue weighted by atomic mass is 14.3. The molecule has 0 aromatic heterocycles. The van der Waals surface area contributed by atoms with Crippen LogP contribution in [0.15, 0.2) is 72.8 Å². The fraction of sp³-hybridized carbons (Fsp3) is 0.0833. The van der Waals surface area contributed by atoms with Crippen molar-refractivity contribution in [2.45, 2.75) is 13.8 Å². The molecule has 0 N–H and O–H groups in total. The summed E-state index contributed by atoms with van der Waals surface area (Å²) in [5.74, 6) is 0. The lowest BCUT2D eigenvalue weighted by Crippen LogP contribution is -1.90. The van der Waals surface area contributed by atoms with Crippen molar-refractivity contribution in [3.8, 4) is 33.4 Å². The number of aryl methyl sites for hydroxylation is 2. The van der Waals surface area contributed by atoms with Crippen LogP contribution >= 0.6 is 0 Å². The van der Waals surface area contributed by atoms with Crippen LogP contribution in [0.5, 0.6) is 0 Å². The zero-order valence-electron chi connectivity index (χ0n) is 13.9. The van der Waals surface area contributed by atoms with Crippen molar-refractivity contribution >= 4 is 10.8 Å². The number of hydrogen-bond donors (Lipinski definition) is 0. The van der Waals surface area contributed by atoms with Gasteiger partial charge in [-0.25, -0.2) is 0 Å². The van der Waals surface area contributed by atoms with Crippen LogP contribution in [0, 0.1) is 13.8 Å². The Morgan fingerprint density at radius 3 is 1.71 bits per heavy atom. The molecule has 0 saturated heterocycles. The maximum Gasteiger partial charge on any atom is -0.00201 e. The molecular weight excluding hydrogens is 288 g/mol. The Morgan fingerprint density at radius 1 is 0.458 bits per heavy atom. The van der Waals surface area contributed by atoms with E-state index in [4.69, 9.17) is 0 Å². The van der Waals surface area contributed by atoms with E-state index in [2.05, 4.69) is 86.6 Å². The maximum absolute atomic E-state index is 2.30. The van der Waals surface area contributed by atoms with Crippen LogP contribution in [-0.2, 0) is 0 Å². The van der Waals surface area contributed by atoms with Gasteiger partial charge in [0.2, 0.25) is 0 Å². The van der Waals surface area contributed by atoms with Crippen LogP contribution in [0.3, 0.4) is 0 Å². The molecule has 0 unspecified atom stereocenters. The van der Waals surface area contributed by atoms with Crippen molar-refractivity contribution in [2.24, 2.45) is 0 Å². The smallest absolute Gasteiger partial charge is 0.00201 e. The van der Waals surface area contributed by atoms with Crippen molar-refractivity contribution in [3.63, 3.8) is 0 Å². The molecular formula is C24H18. The van der Waals surface area contributed by atoms with Crippen molar-refractivity contribution in [3.05, 3.63) is 83.9 Å². The molecule has 0 amide bonds. The summed E-state index contributed by atoms with van der Waals surface area (Å²) in [7, 11) is 0. The van der Waals surface area contributed by atoms with Crippen molar-refractivity contribution < 1.29 is 0 Å². The lowest BCUT2D eigenvalue weighted by molar-refractivity contribution is 1.38. The molecule has 5 rings (SSSR count). The summed E-state index contributed by atoms with van der Waals surface area (Å²) in [4.78, 5) is 0. The summed E-state index contributed by atoms with van der Waals surface area (Å²) in [5, 5.41) is 2.76. The third-order valence-corrected chi connectivity index (χ3v) is 5.30. The summed E-state index contributed by atoms with van der Waals surface area (Å²) in [6.45, 7) is 4.42. The molecule has 0 heteroatoms. The van der Waals surface area contributed by atoms with Gasteiger partial charge in [-0.15, -0.1) is 0 Å². The van der Waals surface area contributed by atoms with Crippen LogP contribution < -0.4 is 0 Å². The highest BCUT2D eigenvalue weighted by Gasteiger charge is 2.22. The Morgan fingerprint density at radius 2 is 1.00 bits per heavy atom. The molecule has 1 aliphatic rings. The quantitative estimate of drug-likeness (QED) is 0.320. The van der Waals surface area contributed by atoms with Gasteiger partial charge < -0.3 is 0 Å². The van der Waals surface area contributed by atoms with E-state index in [0.717, 1.165) is 0 Å². The van der Waals surface area contributed by atoms with E-state index < -0.39 is 0 Å². The van der Waals surface area contributed by atoms with Gasteiger partial charge in [-0.05, 0) is 69.1 Å². The molecule has 0 fully saturated rings. The second-order valence-corrected chi connectivity index (χ2v) is 6.70. The van der Waals surface area contributed by atoms with E-state index in [1.54, 1.807) is 0 Å². The molecule has 114 valence electrons. The van der Waals surface area contributed by atoms with Crippen LogP contribution in [0.4, 0.5) is 0 Å². The van der Waals surface area contributed by atoms with Crippen LogP contribution in [0.25, 0.3) is 44.2 Å². The minimum absolute atomic E-state index is 1.34.